The molecule has 370 valence electrons. The van der Waals surface area contributed by atoms with Gasteiger partial charge in [-0.2, -0.15) is 0 Å². The van der Waals surface area contributed by atoms with Gasteiger partial charge in [-0.05, 0) is 236 Å². The molecule has 4 heteroatoms. The number of rotatable bonds is 3. The summed E-state index contributed by atoms with van der Waals surface area (Å²) in [6.07, 6.45) is 7.25. The summed E-state index contributed by atoms with van der Waals surface area (Å²) in [4.78, 5) is 5.51. The molecule has 1 aromatic heterocycles. The largest absolute Gasteiger partial charge is 0.311 e. The Morgan fingerprint density at radius 2 is 1.08 bits per heavy atom. The van der Waals surface area contributed by atoms with E-state index in [4.69, 9.17) is 0 Å². The number of hydrogen-bond donors (Lipinski definition) is 0. The van der Waals surface area contributed by atoms with Crippen LogP contribution in [0.2, 0.25) is 0 Å². The molecular weight excluding hydrogens is 888 g/mol. The van der Waals surface area contributed by atoms with Crippen LogP contribution in [0.4, 0.5) is 33.4 Å². The summed E-state index contributed by atoms with van der Waals surface area (Å²) < 4.78 is 1.43. The van der Waals surface area contributed by atoms with Crippen molar-refractivity contribution in [1.82, 2.24) is 0 Å². The Bertz CT molecular complexity index is 3430. The van der Waals surface area contributed by atoms with Crippen molar-refractivity contribution in [3.05, 3.63) is 146 Å². The molecule has 12 rings (SSSR count). The normalized spacial score (nSPS) is 20.9. The first-order valence-corrected chi connectivity index (χ1v) is 28.5. The number of fused-ring (bicyclic) bond motifs is 9. The van der Waals surface area contributed by atoms with Gasteiger partial charge in [-0.1, -0.05) is 138 Å². The fourth-order valence-electron chi connectivity index (χ4n) is 14.7. The lowest BCUT2D eigenvalue weighted by Gasteiger charge is -2.47. The number of benzene rings is 6. The van der Waals surface area contributed by atoms with Crippen LogP contribution in [0.25, 0.3) is 21.2 Å². The van der Waals surface area contributed by atoms with E-state index in [1.54, 1.807) is 11.1 Å². The molecule has 3 heterocycles. The second kappa shape index (κ2) is 15.7. The first-order chi connectivity index (χ1) is 33.8. The van der Waals surface area contributed by atoms with Gasteiger partial charge < -0.3 is 9.80 Å². The van der Waals surface area contributed by atoms with Gasteiger partial charge in [0.25, 0.3) is 6.71 Å². The predicted octanol–water partition coefficient (Wildman–Crippen LogP) is 17.9. The molecule has 2 atom stereocenters. The molecule has 0 spiro atoms. The molecule has 0 saturated heterocycles. The Morgan fingerprint density at radius 1 is 0.528 bits per heavy atom. The zero-order valence-electron chi connectivity index (χ0n) is 46.9. The highest BCUT2D eigenvalue weighted by molar-refractivity contribution is 7.26. The van der Waals surface area contributed by atoms with Crippen LogP contribution >= 0.6 is 11.3 Å². The third-order valence-electron chi connectivity index (χ3n) is 19.3. The fourth-order valence-corrected chi connectivity index (χ4v) is 16.0. The molecule has 0 fully saturated rings. The van der Waals surface area contributed by atoms with Gasteiger partial charge >= 0.3 is 0 Å². The molecule has 2 nitrogen and oxygen atoms in total. The third kappa shape index (κ3) is 7.06. The zero-order valence-corrected chi connectivity index (χ0v) is 47.7. The van der Waals surface area contributed by atoms with Crippen LogP contribution in [0.15, 0.2) is 84.9 Å². The smallest absolute Gasteiger partial charge is 0.254 e. The molecule has 0 radical (unpaired) electrons. The molecule has 0 bridgehead atoms. The molecule has 7 aromatic rings. The zero-order chi connectivity index (χ0) is 51.1. The number of anilines is 6. The van der Waals surface area contributed by atoms with E-state index in [-0.39, 0.29) is 33.8 Å². The van der Waals surface area contributed by atoms with E-state index in [9.17, 15) is 0 Å². The number of aryl methyl sites for hydroxylation is 4. The van der Waals surface area contributed by atoms with E-state index in [1.807, 2.05) is 0 Å². The first kappa shape index (κ1) is 47.9. The summed E-state index contributed by atoms with van der Waals surface area (Å²) in [5.41, 5.74) is 29.8. The number of nitrogens with zero attached hydrogens (tertiary/aromatic N) is 2. The van der Waals surface area contributed by atoms with Crippen LogP contribution in [0, 0.1) is 27.7 Å². The SMILES string of the molecule is Cc1cc(C)c(-c2cc3c4c(c2)N(c2ccc5c(c2)C(C)(C)CCC5(C)C)c2sc5cc6c(cc5c2B4c2cc4c(cc2N3c2ccc(C(C)(C)C)cc2C)C(C)(C)CCC4(C)C)C(C)CCC6C)c(C)c1. The topological polar surface area (TPSA) is 6.48 Å². The second-order valence-electron chi connectivity index (χ2n) is 27.5. The molecular formula is C68H79BN2S. The van der Waals surface area contributed by atoms with Gasteiger partial charge in [0, 0.05) is 33.1 Å². The summed E-state index contributed by atoms with van der Waals surface area (Å²) >= 11 is 2.06. The maximum absolute atomic E-state index is 2.77. The van der Waals surface area contributed by atoms with E-state index < -0.39 is 0 Å². The van der Waals surface area contributed by atoms with Gasteiger partial charge in [0.15, 0.2) is 0 Å². The second-order valence-corrected chi connectivity index (χ2v) is 28.5. The van der Waals surface area contributed by atoms with Crippen LogP contribution in [0.3, 0.4) is 0 Å². The van der Waals surface area contributed by atoms with Crippen molar-refractivity contribution in [2.75, 3.05) is 9.80 Å². The van der Waals surface area contributed by atoms with Crippen molar-refractivity contribution in [3.63, 3.8) is 0 Å². The van der Waals surface area contributed by atoms with E-state index in [0.717, 1.165) is 0 Å². The highest BCUT2D eigenvalue weighted by Gasteiger charge is 2.49. The van der Waals surface area contributed by atoms with Gasteiger partial charge in [-0.15, -0.1) is 11.3 Å². The minimum Gasteiger partial charge on any atom is -0.311 e. The van der Waals surface area contributed by atoms with Crippen molar-refractivity contribution in [2.24, 2.45) is 0 Å². The van der Waals surface area contributed by atoms with E-state index in [2.05, 4.69) is 224 Å². The maximum atomic E-state index is 2.77. The Morgan fingerprint density at radius 3 is 1.68 bits per heavy atom. The van der Waals surface area contributed by atoms with Gasteiger partial charge in [0.2, 0.25) is 0 Å². The molecule has 3 aliphatic carbocycles. The van der Waals surface area contributed by atoms with Crippen LogP contribution < -0.4 is 26.2 Å². The highest BCUT2D eigenvalue weighted by atomic mass is 32.1. The average molecular weight is 967 g/mol. The highest BCUT2D eigenvalue weighted by Crippen LogP contribution is 2.55. The quantitative estimate of drug-likeness (QED) is 0.163. The minimum atomic E-state index is 0.0342. The van der Waals surface area contributed by atoms with Gasteiger partial charge in [0.1, 0.15) is 0 Å². The molecule has 2 aliphatic heterocycles. The molecule has 5 aliphatic rings. The Kier molecular flexibility index (Phi) is 10.5. The van der Waals surface area contributed by atoms with Crippen LogP contribution in [-0.2, 0) is 27.1 Å². The monoisotopic (exact) mass is 967 g/mol. The van der Waals surface area contributed by atoms with Crippen molar-refractivity contribution in [3.8, 4) is 11.1 Å². The molecule has 72 heavy (non-hydrogen) atoms. The van der Waals surface area contributed by atoms with E-state index >= 15 is 0 Å². The number of thiophene rings is 1. The molecule has 0 N–H and O–H groups in total. The van der Waals surface area contributed by atoms with Gasteiger partial charge in [-0.3, -0.25) is 0 Å². The summed E-state index contributed by atoms with van der Waals surface area (Å²) in [5.74, 6) is 1.10. The molecule has 0 saturated carbocycles. The minimum absolute atomic E-state index is 0.0342. The van der Waals surface area contributed by atoms with Crippen molar-refractivity contribution < 1.29 is 0 Å². The van der Waals surface area contributed by atoms with Crippen LogP contribution in [-0.4, -0.2) is 6.71 Å². The lowest BCUT2D eigenvalue weighted by atomic mass is 9.33. The molecule has 6 aromatic carbocycles. The Labute approximate surface area is 437 Å². The number of hydrogen-bond acceptors (Lipinski definition) is 3. The van der Waals surface area contributed by atoms with Crippen molar-refractivity contribution in [2.45, 2.75) is 195 Å². The van der Waals surface area contributed by atoms with Crippen molar-refractivity contribution >= 4 is 78.0 Å². The van der Waals surface area contributed by atoms with E-state index in [0.29, 0.717) is 11.8 Å². The van der Waals surface area contributed by atoms with Crippen molar-refractivity contribution in [1.29, 1.82) is 0 Å². The van der Waals surface area contributed by atoms with Crippen LogP contribution in [0.5, 0.6) is 0 Å². The Hall–Kier alpha value is -5.06. The summed E-state index contributed by atoms with van der Waals surface area (Å²) in [5, 5.41) is 2.85. The Balaban J connectivity index is 1.27. The lowest BCUT2D eigenvalue weighted by Crippen LogP contribution is -2.61. The maximum Gasteiger partial charge on any atom is 0.254 e. The summed E-state index contributed by atoms with van der Waals surface area (Å²) in [7, 11) is 0. The van der Waals surface area contributed by atoms with E-state index in [1.165, 1.54) is 160 Å². The first-order valence-electron chi connectivity index (χ1n) is 27.7. The average Bonchev–Trinajstić information content (AvgIpc) is 3.67. The summed E-state index contributed by atoms with van der Waals surface area (Å²) in [6, 6.07) is 35.8. The standard InChI is InChI=1S/C68H79BN2S/c1-38-28-42(5)60(43(6)29-38)44-31-57-62-58(32-44)71(55-23-20-45(30-41(55)4)64(7,8)9)56-37-53-52(67(14,15)26-27-68(53,16)17)36-54(56)69(62)61-49-34-47-39(2)18-19-40(3)48(47)35-59(49)72-63(61)70(57)46-21-22-50-51(33-46)66(12,13)25-24-65(50,10)11/h20-23,28-37,39-40H,18-19,24-27H2,1-17H3. The van der Waals surface area contributed by atoms with Gasteiger partial charge in [-0.25, -0.2) is 0 Å². The predicted molar refractivity (Wildman–Crippen MR) is 316 cm³/mol. The lowest BCUT2D eigenvalue weighted by molar-refractivity contribution is 0.332. The summed E-state index contributed by atoms with van der Waals surface area (Å²) in [6.45, 7) is 41.3. The van der Waals surface area contributed by atoms with Gasteiger partial charge in [0.05, 0.1) is 5.00 Å². The third-order valence-corrected chi connectivity index (χ3v) is 20.5. The fraction of sp³-hybridized carbons (Fsp3) is 0.441. The van der Waals surface area contributed by atoms with Crippen LogP contribution in [0.1, 0.15) is 202 Å². The molecule has 0 amide bonds. The molecule has 2 unspecified atom stereocenters.